The van der Waals surface area contributed by atoms with Gasteiger partial charge in [-0.2, -0.15) is 0 Å². The Labute approximate surface area is 154 Å². The van der Waals surface area contributed by atoms with Gasteiger partial charge < -0.3 is 18.8 Å². The first kappa shape index (κ1) is 18.6. The van der Waals surface area contributed by atoms with Gasteiger partial charge in [-0.3, -0.25) is 4.79 Å². The van der Waals surface area contributed by atoms with E-state index in [1.54, 1.807) is 6.20 Å². The van der Waals surface area contributed by atoms with Crippen LogP contribution < -0.4 is 0 Å². The molecule has 0 N–H and O–H groups in total. The van der Waals surface area contributed by atoms with Gasteiger partial charge in [-0.05, 0) is 33.6 Å². The van der Waals surface area contributed by atoms with E-state index in [4.69, 9.17) is 4.74 Å². The van der Waals surface area contributed by atoms with E-state index >= 15 is 0 Å². The average Bonchev–Trinajstić information content (AvgIpc) is 3.26. The number of nitrogens with zero attached hydrogens (tertiary/aromatic N) is 6. The van der Waals surface area contributed by atoms with Gasteiger partial charge in [-0.25, -0.2) is 4.98 Å². The van der Waals surface area contributed by atoms with Crippen molar-refractivity contribution >= 4 is 5.91 Å². The normalized spacial score (nSPS) is 15.6. The topological polar surface area (TPSA) is 78.1 Å². The zero-order chi connectivity index (χ0) is 18.5. The summed E-state index contributed by atoms with van der Waals surface area (Å²) in [5, 5.41) is 8.93. The van der Waals surface area contributed by atoms with E-state index in [-0.39, 0.29) is 12.5 Å². The number of carbonyl (C=O) groups is 1. The minimum Gasteiger partial charge on any atom is -0.372 e. The molecule has 2 aromatic rings. The SMILES string of the molecule is CCOCC(=O)N1CCC(c2nnc(Cn3ccnc3C)n2CC)CC1. The third-order valence-corrected chi connectivity index (χ3v) is 5.05. The Bertz CT molecular complexity index is 730. The molecule has 142 valence electrons. The highest BCUT2D eigenvalue weighted by Gasteiger charge is 2.27. The molecule has 1 aliphatic rings. The van der Waals surface area contributed by atoms with Crippen LogP contribution in [0.3, 0.4) is 0 Å². The Morgan fingerprint density at radius 2 is 2.04 bits per heavy atom. The van der Waals surface area contributed by atoms with Crippen molar-refractivity contribution in [2.75, 3.05) is 26.3 Å². The number of ether oxygens (including phenoxy) is 1. The van der Waals surface area contributed by atoms with Gasteiger partial charge in [-0.1, -0.05) is 0 Å². The molecule has 8 nitrogen and oxygen atoms in total. The highest BCUT2D eigenvalue weighted by atomic mass is 16.5. The van der Waals surface area contributed by atoms with Crippen molar-refractivity contribution in [3.63, 3.8) is 0 Å². The van der Waals surface area contributed by atoms with Gasteiger partial charge in [0, 0.05) is 44.6 Å². The summed E-state index contributed by atoms with van der Waals surface area (Å²) in [7, 11) is 0. The second-order valence-corrected chi connectivity index (χ2v) is 6.61. The molecule has 0 unspecified atom stereocenters. The zero-order valence-corrected chi connectivity index (χ0v) is 15.9. The number of aryl methyl sites for hydroxylation is 1. The maximum atomic E-state index is 12.1. The lowest BCUT2D eigenvalue weighted by molar-refractivity contribution is -0.137. The molecule has 0 bridgehead atoms. The quantitative estimate of drug-likeness (QED) is 0.749. The standard InChI is InChI=1S/C18H28N6O2/c1-4-24-16(12-23-11-8-19-14(23)3)20-21-18(24)15-6-9-22(10-7-15)17(25)13-26-5-2/h8,11,15H,4-7,9-10,12-13H2,1-3H3. The maximum Gasteiger partial charge on any atom is 0.248 e. The molecule has 0 saturated carbocycles. The molecule has 1 aliphatic heterocycles. The van der Waals surface area contributed by atoms with Crippen molar-refractivity contribution in [1.29, 1.82) is 0 Å². The third-order valence-electron chi connectivity index (χ3n) is 5.05. The Morgan fingerprint density at radius 1 is 1.27 bits per heavy atom. The summed E-state index contributed by atoms with van der Waals surface area (Å²) in [6.45, 7) is 9.79. The summed E-state index contributed by atoms with van der Waals surface area (Å²) < 4.78 is 9.52. The van der Waals surface area contributed by atoms with E-state index in [2.05, 4.69) is 31.2 Å². The van der Waals surface area contributed by atoms with Crippen molar-refractivity contribution in [3.05, 3.63) is 29.9 Å². The zero-order valence-electron chi connectivity index (χ0n) is 15.9. The third kappa shape index (κ3) is 3.95. The summed E-state index contributed by atoms with van der Waals surface area (Å²) >= 11 is 0. The molecule has 8 heteroatoms. The molecule has 3 heterocycles. The predicted molar refractivity (Wildman–Crippen MR) is 96.8 cm³/mol. The van der Waals surface area contributed by atoms with Crippen LogP contribution in [-0.4, -0.2) is 61.4 Å². The van der Waals surface area contributed by atoms with Crippen LogP contribution in [0.5, 0.6) is 0 Å². The van der Waals surface area contributed by atoms with Gasteiger partial charge in [0.25, 0.3) is 0 Å². The number of piperidine rings is 1. The first-order valence-corrected chi connectivity index (χ1v) is 9.39. The first-order chi connectivity index (χ1) is 12.6. The van der Waals surface area contributed by atoms with Crippen molar-refractivity contribution in [3.8, 4) is 0 Å². The average molecular weight is 360 g/mol. The number of amides is 1. The highest BCUT2D eigenvalue weighted by molar-refractivity contribution is 5.77. The van der Waals surface area contributed by atoms with E-state index in [1.165, 1.54) is 0 Å². The molecule has 3 rings (SSSR count). The molecule has 0 radical (unpaired) electrons. The molecular weight excluding hydrogens is 332 g/mol. The minimum atomic E-state index is 0.0820. The van der Waals surface area contributed by atoms with Crippen LogP contribution >= 0.6 is 0 Å². The Kier molecular flexibility index (Phi) is 6.03. The fourth-order valence-corrected chi connectivity index (χ4v) is 3.50. The number of carbonyl (C=O) groups excluding carboxylic acids is 1. The lowest BCUT2D eigenvalue weighted by Gasteiger charge is -2.31. The predicted octanol–water partition coefficient (Wildman–Crippen LogP) is 1.59. The second kappa shape index (κ2) is 8.44. The van der Waals surface area contributed by atoms with Gasteiger partial charge in [0.2, 0.25) is 5.91 Å². The van der Waals surface area contributed by atoms with E-state index in [0.717, 1.165) is 49.9 Å². The second-order valence-electron chi connectivity index (χ2n) is 6.61. The summed E-state index contributed by atoms with van der Waals surface area (Å²) in [6.07, 6.45) is 5.60. The number of aromatic nitrogens is 5. The number of likely N-dealkylation sites (tertiary alicyclic amines) is 1. The van der Waals surface area contributed by atoms with Crippen molar-refractivity contribution in [2.24, 2.45) is 0 Å². The molecule has 1 amide bonds. The molecule has 1 saturated heterocycles. The largest absolute Gasteiger partial charge is 0.372 e. The van der Waals surface area contributed by atoms with Crippen LogP contribution in [0.1, 0.15) is 50.1 Å². The molecule has 26 heavy (non-hydrogen) atoms. The van der Waals surface area contributed by atoms with Gasteiger partial charge in [-0.15, -0.1) is 10.2 Å². The van der Waals surface area contributed by atoms with Crippen LogP contribution in [0.15, 0.2) is 12.4 Å². The lowest BCUT2D eigenvalue weighted by Crippen LogP contribution is -2.40. The van der Waals surface area contributed by atoms with Crippen LogP contribution in [-0.2, 0) is 22.6 Å². The monoisotopic (exact) mass is 360 g/mol. The number of imidazole rings is 1. The first-order valence-electron chi connectivity index (χ1n) is 9.39. The molecule has 0 spiro atoms. The van der Waals surface area contributed by atoms with Gasteiger partial charge >= 0.3 is 0 Å². The van der Waals surface area contributed by atoms with Gasteiger partial charge in [0.05, 0.1) is 6.54 Å². The van der Waals surface area contributed by atoms with Crippen LogP contribution in [0, 0.1) is 6.92 Å². The molecule has 0 aromatic carbocycles. The molecule has 2 aromatic heterocycles. The van der Waals surface area contributed by atoms with Crippen molar-refractivity contribution < 1.29 is 9.53 Å². The Balaban J connectivity index is 1.65. The molecule has 1 fully saturated rings. The lowest BCUT2D eigenvalue weighted by atomic mass is 9.96. The highest BCUT2D eigenvalue weighted by Crippen LogP contribution is 2.27. The van der Waals surface area contributed by atoms with Gasteiger partial charge in [0.15, 0.2) is 5.82 Å². The van der Waals surface area contributed by atoms with E-state index in [0.29, 0.717) is 19.1 Å². The van der Waals surface area contributed by atoms with Crippen molar-refractivity contribution in [2.45, 2.75) is 52.6 Å². The summed E-state index contributed by atoms with van der Waals surface area (Å²) in [5.74, 6) is 3.39. The van der Waals surface area contributed by atoms with Crippen LogP contribution in [0.2, 0.25) is 0 Å². The summed E-state index contributed by atoms with van der Waals surface area (Å²) in [4.78, 5) is 18.3. The van der Waals surface area contributed by atoms with E-state index in [9.17, 15) is 4.79 Å². The number of rotatable bonds is 7. The smallest absolute Gasteiger partial charge is 0.248 e. The van der Waals surface area contributed by atoms with Gasteiger partial charge in [0.1, 0.15) is 18.3 Å². The summed E-state index contributed by atoms with van der Waals surface area (Å²) in [6, 6.07) is 0. The fraction of sp³-hybridized carbons (Fsp3) is 0.667. The van der Waals surface area contributed by atoms with Crippen molar-refractivity contribution in [1.82, 2.24) is 29.2 Å². The fourth-order valence-electron chi connectivity index (χ4n) is 3.50. The Morgan fingerprint density at radius 3 is 2.65 bits per heavy atom. The van der Waals surface area contributed by atoms with E-state index < -0.39 is 0 Å². The van der Waals surface area contributed by atoms with Crippen LogP contribution in [0.25, 0.3) is 0 Å². The molecular formula is C18H28N6O2. The molecule has 0 aliphatic carbocycles. The summed E-state index contributed by atoms with van der Waals surface area (Å²) in [5.41, 5.74) is 0. The maximum absolute atomic E-state index is 12.1. The number of hydrogen-bond donors (Lipinski definition) is 0. The van der Waals surface area contributed by atoms with Crippen LogP contribution in [0.4, 0.5) is 0 Å². The minimum absolute atomic E-state index is 0.0820. The Hall–Kier alpha value is -2.22. The van der Waals surface area contributed by atoms with E-state index in [1.807, 2.05) is 24.9 Å². The number of hydrogen-bond acceptors (Lipinski definition) is 5. The molecule has 0 atom stereocenters.